The molecule has 0 spiro atoms. The van der Waals surface area contributed by atoms with Crippen LogP contribution in [0.4, 0.5) is 0 Å². The van der Waals surface area contributed by atoms with Gasteiger partial charge in [0, 0.05) is 29.4 Å². The number of amides is 2. The van der Waals surface area contributed by atoms with Gasteiger partial charge in [-0.05, 0) is 18.1 Å². The molecule has 140 valence electrons. The molecule has 2 atom stereocenters. The van der Waals surface area contributed by atoms with Gasteiger partial charge in [0.2, 0.25) is 11.8 Å². The Kier molecular flexibility index (Phi) is 6.38. The number of fused-ring (bicyclic) bond motifs is 1. The fraction of sp³-hybridized carbons (Fsp3) is 0.421. The zero-order valence-electron chi connectivity index (χ0n) is 15.2. The summed E-state index contributed by atoms with van der Waals surface area (Å²) in [5, 5.41) is 15.4. The molecule has 7 nitrogen and oxygen atoms in total. The van der Waals surface area contributed by atoms with Crippen LogP contribution in [-0.4, -0.2) is 40.0 Å². The van der Waals surface area contributed by atoms with E-state index in [-0.39, 0.29) is 24.7 Å². The third kappa shape index (κ3) is 4.62. The van der Waals surface area contributed by atoms with Crippen molar-refractivity contribution in [3.8, 4) is 0 Å². The molecule has 26 heavy (non-hydrogen) atoms. The van der Waals surface area contributed by atoms with E-state index in [1.807, 2.05) is 24.3 Å². The van der Waals surface area contributed by atoms with Crippen LogP contribution in [0.25, 0.3) is 10.9 Å². The number of carboxylic acids is 1. The van der Waals surface area contributed by atoms with E-state index in [4.69, 9.17) is 5.11 Å². The molecule has 0 saturated carbocycles. The predicted octanol–water partition coefficient (Wildman–Crippen LogP) is 1.83. The van der Waals surface area contributed by atoms with E-state index in [9.17, 15) is 14.4 Å². The number of hydrogen-bond donors (Lipinski definition) is 4. The van der Waals surface area contributed by atoms with Crippen LogP contribution in [0.15, 0.2) is 30.5 Å². The first-order valence-corrected chi connectivity index (χ1v) is 8.72. The molecule has 1 heterocycles. The molecule has 1 aromatic carbocycles. The lowest BCUT2D eigenvalue weighted by Crippen LogP contribution is -2.53. The van der Waals surface area contributed by atoms with Crippen molar-refractivity contribution in [2.45, 2.75) is 45.7 Å². The van der Waals surface area contributed by atoms with Crippen molar-refractivity contribution in [2.75, 3.05) is 0 Å². The maximum atomic E-state index is 12.6. The fourth-order valence-corrected chi connectivity index (χ4v) is 2.68. The summed E-state index contributed by atoms with van der Waals surface area (Å²) in [6.07, 6.45) is 2.34. The number of carbonyl (C=O) groups is 3. The molecule has 2 rings (SSSR count). The van der Waals surface area contributed by atoms with Gasteiger partial charge in [0.05, 0.1) is 0 Å². The molecule has 0 radical (unpaired) electrons. The Balaban J connectivity index is 2.24. The van der Waals surface area contributed by atoms with Gasteiger partial charge in [-0.1, -0.05) is 39.0 Å². The van der Waals surface area contributed by atoms with Crippen LogP contribution >= 0.6 is 0 Å². The van der Waals surface area contributed by atoms with Crippen LogP contribution in [0.2, 0.25) is 0 Å². The molecule has 0 aliphatic heterocycles. The van der Waals surface area contributed by atoms with Crippen LogP contribution in [-0.2, 0) is 20.8 Å². The molecular formula is C19H25N3O4. The van der Waals surface area contributed by atoms with Crippen LogP contribution in [0.5, 0.6) is 0 Å². The first kappa shape index (κ1) is 19.5. The summed E-state index contributed by atoms with van der Waals surface area (Å²) in [4.78, 5) is 39.1. The van der Waals surface area contributed by atoms with Gasteiger partial charge >= 0.3 is 5.97 Å². The Bertz CT molecular complexity index is 797. The highest BCUT2D eigenvalue weighted by molar-refractivity contribution is 5.92. The molecule has 0 aliphatic rings. The Morgan fingerprint density at radius 1 is 1.08 bits per heavy atom. The lowest BCUT2D eigenvalue weighted by atomic mass is 10.0. The van der Waals surface area contributed by atoms with E-state index in [2.05, 4.69) is 15.6 Å². The van der Waals surface area contributed by atoms with Gasteiger partial charge in [-0.15, -0.1) is 0 Å². The van der Waals surface area contributed by atoms with E-state index >= 15 is 0 Å². The number of benzene rings is 1. The molecule has 7 heteroatoms. The van der Waals surface area contributed by atoms with Crippen molar-refractivity contribution in [3.63, 3.8) is 0 Å². The lowest BCUT2D eigenvalue weighted by Gasteiger charge is -2.21. The van der Waals surface area contributed by atoms with Crippen LogP contribution in [0.1, 0.15) is 32.8 Å². The van der Waals surface area contributed by atoms with Crippen LogP contribution < -0.4 is 10.6 Å². The highest BCUT2D eigenvalue weighted by Gasteiger charge is 2.27. The van der Waals surface area contributed by atoms with Crippen LogP contribution in [0.3, 0.4) is 0 Å². The van der Waals surface area contributed by atoms with Crippen molar-refractivity contribution < 1.29 is 19.5 Å². The minimum Gasteiger partial charge on any atom is -0.480 e. The number of aromatic amines is 1. The summed E-state index contributed by atoms with van der Waals surface area (Å²) in [5.41, 5.74) is 1.82. The summed E-state index contributed by atoms with van der Waals surface area (Å²) in [7, 11) is 0. The second-order valence-electron chi connectivity index (χ2n) is 6.59. The zero-order valence-corrected chi connectivity index (χ0v) is 15.2. The minimum absolute atomic E-state index is 0.256. The van der Waals surface area contributed by atoms with E-state index in [1.54, 1.807) is 27.0 Å². The number of nitrogens with one attached hydrogen (secondary N) is 3. The van der Waals surface area contributed by atoms with Gasteiger partial charge in [-0.2, -0.15) is 0 Å². The predicted molar refractivity (Wildman–Crippen MR) is 98.6 cm³/mol. The van der Waals surface area contributed by atoms with Gasteiger partial charge in [-0.25, -0.2) is 4.79 Å². The Hall–Kier alpha value is -2.83. The number of aliphatic carboxylic acids is 1. The Morgan fingerprint density at radius 2 is 1.73 bits per heavy atom. The summed E-state index contributed by atoms with van der Waals surface area (Å²) < 4.78 is 0. The first-order valence-electron chi connectivity index (χ1n) is 8.72. The molecule has 0 bridgehead atoms. The van der Waals surface area contributed by atoms with E-state index in [1.165, 1.54) is 0 Å². The number of rotatable bonds is 8. The molecule has 0 aliphatic carbocycles. The zero-order chi connectivity index (χ0) is 19.3. The number of hydrogen-bond acceptors (Lipinski definition) is 3. The molecule has 2 unspecified atom stereocenters. The number of carbonyl (C=O) groups excluding carboxylic acids is 2. The smallest absolute Gasteiger partial charge is 0.326 e. The number of para-hydroxylation sites is 1. The second-order valence-corrected chi connectivity index (χ2v) is 6.59. The molecular weight excluding hydrogens is 334 g/mol. The topological polar surface area (TPSA) is 111 Å². The second kappa shape index (κ2) is 8.51. The average molecular weight is 359 g/mol. The monoisotopic (exact) mass is 359 g/mol. The maximum absolute atomic E-state index is 12.6. The van der Waals surface area contributed by atoms with Gasteiger partial charge in [0.25, 0.3) is 0 Å². The fourth-order valence-electron chi connectivity index (χ4n) is 2.68. The number of aromatic nitrogens is 1. The highest BCUT2D eigenvalue weighted by atomic mass is 16.4. The average Bonchev–Trinajstić information content (AvgIpc) is 3.01. The SMILES string of the molecule is CCC(NC(=O)C(Cc1c[nH]c2ccccc12)NC(=O)C(C)C)C(=O)O. The number of carboxylic acid groups (broad SMARTS) is 1. The van der Waals surface area contributed by atoms with Gasteiger partial charge < -0.3 is 20.7 Å². The first-order chi connectivity index (χ1) is 12.3. The highest BCUT2D eigenvalue weighted by Crippen LogP contribution is 2.19. The largest absolute Gasteiger partial charge is 0.480 e. The molecule has 2 amide bonds. The normalized spacial score (nSPS) is 13.4. The Labute approximate surface area is 152 Å². The van der Waals surface area contributed by atoms with Crippen molar-refractivity contribution in [1.29, 1.82) is 0 Å². The molecule has 2 aromatic rings. The van der Waals surface area contributed by atoms with E-state index in [0.29, 0.717) is 0 Å². The Morgan fingerprint density at radius 3 is 2.35 bits per heavy atom. The van der Waals surface area contributed by atoms with Gasteiger partial charge in [0.15, 0.2) is 0 Å². The lowest BCUT2D eigenvalue weighted by molar-refractivity contribution is -0.142. The molecule has 4 N–H and O–H groups in total. The summed E-state index contributed by atoms with van der Waals surface area (Å²) in [6, 6.07) is 5.84. The standard InChI is InChI=1S/C19H25N3O4/c1-4-14(19(25)26)21-18(24)16(22-17(23)11(2)3)9-12-10-20-15-8-6-5-7-13(12)15/h5-8,10-11,14,16,20H,4,9H2,1-3H3,(H,21,24)(H,22,23)(H,25,26). The minimum atomic E-state index is -1.10. The van der Waals surface area contributed by atoms with Crippen LogP contribution in [0, 0.1) is 5.92 Å². The van der Waals surface area contributed by atoms with Gasteiger partial charge in [-0.3, -0.25) is 9.59 Å². The maximum Gasteiger partial charge on any atom is 0.326 e. The quantitative estimate of drug-likeness (QED) is 0.576. The molecule has 0 fully saturated rings. The van der Waals surface area contributed by atoms with Crippen molar-refractivity contribution >= 4 is 28.7 Å². The third-order valence-electron chi connectivity index (χ3n) is 4.28. The molecule has 0 saturated heterocycles. The van der Waals surface area contributed by atoms with Crippen molar-refractivity contribution in [1.82, 2.24) is 15.6 Å². The summed E-state index contributed by atoms with van der Waals surface area (Å²) in [6.45, 7) is 5.16. The molecule has 1 aromatic heterocycles. The van der Waals surface area contributed by atoms with Crippen molar-refractivity contribution in [3.05, 3.63) is 36.0 Å². The van der Waals surface area contributed by atoms with E-state index in [0.717, 1.165) is 16.5 Å². The van der Waals surface area contributed by atoms with E-state index < -0.39 is 24.0 Å². The summed E-state index contributed by atoms with van der Waals surface area (Å²) >= 11 is 0. The number of H-pyrrole nitrogens is 1. The third-order valence-corrected chi connectivity index (χ3v) is 4.28. The van der Waals surface area contributed by atoms with Gasteiger partial charge in [0.1, 0.15) is 12.1 Å². The van der Waals surface area contributed by atoms with Crippen molar-refractivity contribution in [2.24, 2.45) is 5.92 Å². The summed E-state index contributed by atoms with van der Waals surface area (Å²) in [5.74, 6) is -2.14.